The zero-order chi connectivity index (χ0) is 19.1. The fraction of sp³-hybridized carbons (Fsp3) is 0.435. The number of amides is 1. The molecule has 0 aliphatic carbocycles. The Hall–Kier alpha value is -2.33. The van der Waals surface area contributed by atoms with Crippen molar-refractivity contribution in [1.29, 1.82) is 0 Å². The van der Waals surface area contributed by atoms with Crippen LogP contribution in [0.4, 0.5) is 5.69 Å². The monoisotopic (exact) mass is 367 g/mol. The summed E-state index contributed by atoms with van der Waals surface area (Å²) in [7, 11) is 1.66. The van der Waals surface area contributed by atoms with Gasteiger partial charge in [0.25, 0.3) is 0 Å². The molecule has 1 fully saturated rings. The van der Waals surface area contributed by atoms with E-state index in [-0.39, 0.29) is 5.91 Å². The van der Waals surface area contributed by atoms with Crippen molar-refractivity contribution >= 4 is 11.6 Å². The normalized spacial score (nSPS) is 19.5. The number of benzene rings is 2. The number of carbonyl (C=O) groups excluding carboxylic acids is 1. The number of methoxy groups -OCH3 is 1. The quantitative estimate of drug-likeness (QED) is 0.816. The highest BCUT2D eigenvalue weighted by molar-refractivity contribution is 5.93. The molecule has 1 N–H and O–H groups in total. The molecule has 0 unspecified atom stereocenters. The molecule has 0 saturated carbocycles. The molecule has 0 aromatic heterocycles. The second kappa shape index (κ2) is 9.56. The molecule has 4 nitrogen and oxygen atoms in total. The van der Waals surface area contributed by atoms with Crippen molar-refractivity contribution < 1.29 is 14.4 Å². The lowest BCUT2D eigenvalue weighted by atomic mass is 10.0. The van der Waals surface area contributed by atoms with Crippen LogP contribution in [0.1, 0.15) is 31.7 Å². The minimum absolute atomic E-state index is 0.206. The van der Waals surface area contributed by atoms with Gasteiger partial charge in [-0.2, -0.15) is 0 Å². The molecule has 1 amide bonds. The molecule has 2 aromatic rings. The van der Waals surface area contributed by atoms with Crippen LogP contribution in [0, 0.1) is 0 Å². The Labute approximate surface area is 162 Å². The number of ether oxygens (including phenoxy) is 1. The number of nitrogens with one attached hydrogen (secondary N) is 1. The average molecular weight is 368 g/mol. The maximum atomic E-state index is 12.6. The SMILES string of the molecule is CCC(=O)N(c1ccc(OC)cc1)C1CC[NH+](CCc2ccccc2)CC1. The van der Waals surface area contributed by atoms with E-state index < -0.39 is 0 Å². The maximum absolute atomic E-state index is 12.6. The summed E-state index contributed by atoms with van der Waals surface area (Å²) in [6, 6.07) is 18.9. The second-order valence-electron chi connectivity index (χ2n) is 7.28. The fourth-order valence-electron chi connectivity index (χ4n) is 3.96. The van der Waals surface area contributed by atoms with Crippen LogP contribution in [0.3, 0.4) is 0 Å². The Morgan fingerprint density at radius 2 is 1.74 bits per heavy atom. The van der Waals surface area contributed by atoms with E-state index in [1.54, 1.807) is 12.0 Å². The van der Waals surface area contributed by atoms with Crippen molar-refractivity contribution in [3.05, 3.63) is 60.2 Å². The number of anilines is 1. The molecule has 27 heavy (non-hydrogen) atoms. The van der Waals surface area contributed by atoms with Gasteiger partial charge in [0.15, 0.2) is 0 Å². The van der Waals surface area contributed by atoms with Crippen LogP contribution in [-0.4, -0.2) is 38.7 Å². The number of hydrogen-bond acceptors (Lipinski definition) is 2. The van der Waals surface area contributed by atoms with Gasteiger partial charge >= 0.3 is 0 Å². The van der Waals surface area contributed by atoms with Gasteiger partial charge in [-0.25, -0.2) is 0 Å². The third kappa shape index (κ3) is 5.10. The summed E-state index contributed by atoms with van der Waals surface area (Å²) in [6.07, 6.45) is 3.77. The third-order valence-corrected chi connectivity index (χ3v) is 5.56. The Kier molecular flexibility index (Phi) is 6.88. The van der Waals surface area contributed by atoms with Crippen LogP contribution in [0.5, 0.6) is 5.75 Å². The van der Waals surface area contributed by atoms with Gasteiger partial charge in [0.1, 0.15) is 5.75 Å². The van der Waals surface area contributed by atoms with Gasteiger partial charge in [-0.3, -0.25) is 4.79 Å². The Bertz CT molecular complexity index is 707. The van der Waals surface area contributed by atoms with Crippen molar-refractivity contribution in [3.63, 3.8) is 0 Å². The minimum atomic E-state index is 0.206. The highest BCUT2D eigenvalue weighted by atomic mass is 16.5. The molecule has 1 aliphatic rings. The molecule has 4 heteroatoms. The highest BCUT2D eigenvalue weighted by Crippen LogP contribution is 2.24. The Balaban J connectivity index is 1.59. The molecule has 0 spiro atoms. The first-order valence-electron chi connectivity index (χ1n) is 10.0. The summed E-state index contributed by atoms with van der Waals surface area (Å²) in [5.74, 6) is 1.03. The van der Waals surface area contributed by atoms with E-state index in [2.05, 4.69) is 30.3 Å². The van der Waals surface area contributed by atoms with E-state index in [4.69, 9.17) is 4.74 Å². The number of likely N-dealkylation sites (tertiary alicyclic amines) is 1. The molecule has 3 rings (SSSR count). The molecule has 1 heterocycles. The summed E-state index contributed by atoms with van der Waals surface area (Å²) in [5, 5.41) is 0. The van der Waals surface area contributed by atoms with E-state index in [0.29, 0.717) is 12.5 Å². The smallest absolute Gasteiger partial charge is 0.226 e. The molecular formula is C23H31N2O2+. The lowest BCUT2D eigenvalue weighted by Crippen LogP contribution is -3.13. The van der Waals surface area contributed by atoms with Gasteiger partial charge in [0, 0.05) is 37.4 Å². The van der Waals surface area contributed by atoms with Crippen LogP contribution in [0.25, 0.3) is 0 Å². The first-order valence-corrected chi connectivity index (χ1v) is 10.0. The van der Waals surface area contributed by atoms with Crippen molar-refractivity contribution in [1.82, 2.24) is 0 Å². The van der Waals surface area contributed by atoms with E-state index >= 15 is 0 Å². The molecule has 144 valence electrons. The predicted octanol–water partition coefficient (Wildman–Crippen LogP) is 2.73. The Morgan fingerprint density at radius 1 is 1.07 bits per heavy atom. The standard InChI is InChI=1S/C23H30N2O2/c1-3-23(26)25(20-9-11-22(27-2)12-10-20)21-14-17-24(18-15-21)16-13-19-7-5-4-6-8-19/h4-12,21H,3,13-18H2,1-2H3/p+1. The van der Waals surface area contributed by atoms with Crippen LogP contribution in [-0.2, 0) is 11.2 Å². The van der Waals surface area contributed by atoms with E-state index in [0.717, 1.165) is 43.8 Å². The van der Waals surface area contributed by atoms with Gasteiger partial charge < -0.3 is 14.5 Å². The molecule has 2 aromatic carbocycles. The topological polar surface area (TPSA) is 34.0 Å². The van der Waals surface area contributed by atoms with Gasteiger partial charge in [-0.15, -0.1) is 0 Å². The molecule has 0 bridgehead atoms. The average Bonchev–Trinajstić information content (AvgIpc) is 2.74. The zero-order valence-electron chi connectivity index (χ0n) is 16.5. The second-order valence-corrected chi connectivity index (χ2v) is 7.28. The summed E-state index contributed by atoms with van der Waals surface area (Å²) in [5.41, 5.74) is 2.40. The van der Waals surface area contributed by atoms with Crippen LogP contribution < -0.4 is 14.5 Å². The van der Waals surface area contributed by atoms with Gasteiger partial charge in [-0.05, 0) is 29.8 Å². The summed E-state index contributed by atoms with van der Waals surface area (Å²) in [6.45, 7) is 5.36. The van der Waals surface area contributed by atoms with Gasteiger partial charge in [0.2, 0.25) is 5.91 Å². The van der Waals surface area contributed by atoms with Crippen LogP contribution in [0.15, 0.2) is 54.6 Å². The van der Waals surface area contributed by atoms with Gasteiger partial charge in [-0.1, -0.05) is 37.3 Å². The molecule has 1 aliphatic heterocycles. The van der Waals surface area contributed by atoms with Crippen molar-refractivity contribution in [2.24, 2.45) is 0 Å². The molecule has 0 radical (unpaired) electrons. The van der Waals surface area contributed by atoms with E-state index in [1.807, 2.05) is 36.1 Å². The number of rotatable bonds is 7. The zero-order valence-corrected chi connectivity index (χ0v) is 16.5. The number of quaternary nitrogens is 1. The minimum Gasteiger partial charge on any atom is -0.497 e. The first-order chi connectivity index (χ1) is 13.2. The van der Waals surface area contributed by atoms with Gasteiger partial charge in [0.05, 0.1) is 26.7 Å². The predicted molar refractivity (Wildman–Crippen MR) is 110 cm³/mol. The molecule has 1 saturated heterocycles. The van der Waals surface area contributed by atoms with Crippen molar-refractivity contribution in [3.8, 4) is 5.75 Å². The number of nitrogens with zero attached hydrogens (tertiary/aromatic N) is 1. The maximum Gasteiger partial charge on any atom is 0.226 e. The molecular weight excluding hydrogens is 336 g/mol. The van der Waals surface area contributed by atoms with E-state index in [9.17, 15) is 4.79 Å². The number of piperidine rings is 1. The first kappa shape index (κ1) is 19.4. The Morgan fingerprint density at radius 3 is 2.33 bits per heavy atom. The third-order valence-electron chi connectivity index (χ3n) is 5.56. The van der Waals surface area contributed by atoms with Crippen molar-refractivity contribution in [2.75, 3.05) is 31.6 Å². The summed E-state index contributed by atoms with van der Waals surface area (Å²) < 4.78 is 5.25. The number of hydrogen-bond donors (Lipinski definition) is 1. The largest absolute Gasteiger partial charge is 0.497 e. The number of carbonyl (C=O) groups is 1. The van der Waals surface area contributed by atoms with Crippen LogP contribution >= 0.6 is 0 Å². The van der Waals surface area contributed by atoms with Crippen molar-refractivity contribution in [2.45, 2.75) is 38.6 Å². The molecule has 0 atom stereocenters. The van der Waals surface area contributed by atoms with E-state index in [1.165, 1.54) is 12.1 Å². The fourth-order valence-corrected chi connectivity index (χ4v) is 3.96. The lowest BCUT2D eigenvalue weighted by molar-refractivity contribution is -0.904. The lowest BCUT2D eigenvalue weighted by Gasteiger charge is -2.37. The highest BCUT2D eigenvalue weighted by Gasteiger charge is 2.30. The summed E-state index contributed by atoms with van der Waals surface area (Å²) in [4.78, 5) is 16.3. The van der Waals surface area contributed by atoms with Crippen LogP contribution in [0.2, 0.25) is 0 Å². The summed E-state index contributed by atoms with van der Waals surface area (Å²) >= 11 is 0.